The Bertz CT molecular complexity index is 621. The van der Waals surface area contributed by atoms with Crippen LogP contribution in [0, 0.1) is 11.7 Å². The van der Waals surface area contributed by atoms with Crippen molar-refractivity contribution in [3.05, 3.63) is 41.2 Å². The summed E-state index contributed by atoms with van der Waals surface area (Å²) in [5.41, 5.74) is 1.21. The molecule has 4 nitrogen and oxygen atoms in total. The van der Waals surface area contributed by atoms with E-state index in [-0.39, 0.29) is 11.7 Å². The van der Waals surface area contributed by atoms with Crippen LogP contribution in [0.1, 0.15) is 16.9 Å². The summed E-state index contributed by atoms with van der Waals surface area (Å²) < 4.78 is 18.2. The Kier molecular flexibility index (Phi) is 4.26. The van der Waals surface area contributed by atoms with Gasteiger partial charge in [0.05, 0.1) is 6.61 Å². The molecule has 1 saturated heterocycles. The van der Waals surface area contributed by atoms with Gasteiger partial charge in [0.25, 0.3) is 5.91 Å². The number of amides is 1. The van der Waals surface area contributed by atoms with Crippen molar-refractivity contribution < 1.29 is 13.9 Å². The highest BCUT2D eigenvalue weighted by Gasteiger charge is 2.18. The van der Waals surface area contributed by atoms with Crippen LogP contribution in [0.5, 0.6) is 0 Å². The number of carbonyl (C=O) groups excluding carboxylic acids is 1. The minimum atomic E-state index is -0.285. The maximum absolute atomic E-state index is 12.9. The van der Waals surface area contributed by atoms with E-state index in [1.54, 1.807) is 17.5 Å². The lowest BCUT2D eigenvalue weighted by Crippen LogP contribution is -2.29. The third-order valence-electron chi connectivity index (χ3n) is 3.40. The molecule has 1 aromatic carbocycles. The molecule has 2 aromatic rings. The average Bonchev–Trinajstić information content (AvgIpc) is 3.17. The second kappa shape index (κ2) is 6.32. The van der Waals surface area contributed by atoms with E-state index in [0.29, 0.717) is 29.8 Å². The molecular weight excluding hydrogens is 291 g/mol. The van der Waals surface area contributed by atoms with E-state index in [9.17, 15) is 9.18 Å². The molecule has 0 spiro atoms. The van der Waals surface area contributed by atoms with Crippen molar-refractivity contribution in [2.45, 2.75) is 6.42 Å². The molecule has 1 fully saturated rings. The van der Waals surface area contributed by atoms with E-state index >= 15 is 0 Å². The molecule has 2 heterocycles. The van der Waals surface area contributed by atoms with Crippen LogP contribution in [0.3, 0.4) is 0 Å². The van der Waals surface area contributed by atoms with Crippen LogP contribution in [-0.2, 0) is 4.74 Å². The molecule has 1 amide bonds. The first-order valence-corrected chi connectivity index (χ1v) is 7.68. The molecule has 1 aliphatic rings. The molecule has 1 aliphatic heterocycles. The Labute approximate surface area is 126 Å². The molecule has 0 aliphatic carbocycles. The highest BCUT2D eigenvalue weighted by molar-refractivity contribution is 7.13. The molecule has 0 radical (unpaired) electrons. The molecule has 6 heteroatoms. The highest BCUT2D eigenvalue weighted by Crippen LogP contribution is 2.23. The third kappa shape index (κ3) is 3.46. The topological polar surface area (TPSA) is 51.2 Å². The second-order valence-corrected chi connectivity index (χ2v) is 5.84. The Balaban J connectivity index is 1.63. The van der Waals surface area contributed by atoms with Gasteiger partial charge in [-0.15, -0.1) is 11.3 Å². The number of rotatable bonds is 4. The van der Waals surface area contributed by atoms with Crippen LogP contribution in [0.15, 0.2) is 29.6 Å². The Hall–Kier alpha value is -1.79. The fourth-order valence-corrected chi connectivity index (χ4v) is 2.98. The van der Waals surface area contributed by atoms with Gasteiger partial charge >= 0.3 is 0 Å². The number of aromatic nitrogens is 1. The van der Waals surface area contributed by atoms with Gasteiger partial charge in [-0.1, -0.05) is 0 Å². The van der Waals surface area contributed by atoms with Gasteiger partial charge in [0, 0.05) is 30.0 Å². The lowest BCUT2D eigenvalue weighted by atomic mass is 10.1. The number of nitrogens with one attached hydrogen (secondary N) is 1. The Morgan fingerprint density at radius 3 is 2.95 bits per heavy atom. The highest BCUT2D eigenvalue weighted by atomic mass is 32.1. The van der Waals surface area contributed by atoms with Crippen molar-refractivity contribution >= 4 is 17.2 Å². The van der Waals surface area contributed by atoms with Crippen LogP contribution in [0.25, 0.3) is 10.6 Å². The van der Waals surface area contributed by atoms with Crippen molar-refractivity contribution in [2.75, 3.05) is 19.8 Å². The van der Waals surface area contributed by atoms with Gasteiger partial charge in [-0.25, -0.2) is 9.37 Å². The van der Waals surface area contributed by atoms with Crippen molar-refractivity contribution in [1.29, 1.82) is 0 Å². The van der Waals surface area contributed by atoms with Crippen molar-refractivity contribution in [3.63, 3.8) is 0 Å². The van der Waals surface area contributed by atoms with E-state index in [0.717, 1.165) is 18.6 Å². The van der Waals surface area contributed by atoms with E-state index in [1.165, 1.54) is 23.5 Å². The molecular formula is C15H15FN2O2S. The molecule has 0 unspecified atom stereocenters. The third-order valence-corrected chi connectivity index (χ3v) is 4.29. The number of thiazole rings is 1. The van der Waals surface area contributed by atoms with Crippen LogP contribution in [0.4, 0.5) is 4.39 Å². The lowest BCUT2D eigenvalue weighted by Gasteiger charge is -2.07. The zero-order chi connectivity index (χ0) is 14.7. The van der Waals surface area contributed by atoms with Gasteiger partial charge in [-0.3, -0.25) is 4.79 Å². The summed E-state index contributed by atoms with van der Waals surface area (Å²) in [7, 11) is 0. The van der Waals surface area contributed by atoms with Gasteiger partial charge in [0.1, 0.15) is 16.5 Å². The molecule has 0 bridgehead atoms. The number of nitrogens with zero attached hydrogens (tertiary/aromatic N) is 1. The maximum atomic E-state index is 12.9. The largest absolute Gasteiger partial charge is 0.381 e. The lowest BCUT2D eigenvalue weighted by molar-refractivity contribution is 0.0941. The van der Waals surface area contributed by atoms with Crippen molar-refractivity contribution in [2.24, 2.45) is 5.92 Å². The fraction of sp³-hybridized carbons (Fsp3) is 0.333. The molecule has 110 valence electrons. The summed E-state index contributed by atoms with van der Waals surface area (Å²) >= 11 is 1.38. The summed E-state index contributed by atoms with van der Waals surface area (Å²) in [5.74, 6) is -0.0669. The SMILES string of the molecule is O=C(NC[C@H]1CCOC1)c1csc(-c2ccc(F)cc2)n1. The normalized spacial score (nSPS) is 17.9. The van der Waals surface area contributed by atoms with Crippen LogP contribution >= 0.6 is 11.3 Å². The van der Waals surface area contributed by atoms with Crippen LogP contribution < -0.4 is 5.32 Å². The first-order chi connectivity index (χ1) is 10.2. The summed E-state index contributed by atoms with van der Waals surface area (Å²) in [6.07, 6.45) is 0.984. The molecule has 0 saturated carbocycles. The van der Waals surface area contributed by atoms with Gasteiger partial charge in [-0.05, 0) is 30.7 Å². The quantitative estimate of drug-likeness (QED) is 0.945. The molecule has 1 atom stereocenters. The van der Waals surface area contributed by atoms with Crippen molar-refractivity contribution in [3.8, 4) is 10.6 Å². The maximum Gasteiger partial charge on any atom is 0.270 e. The summed E-state index contributed by atoms with van der Waals surface area (Å²) in [5, 5.41) is 5.31. The Morgan fingerprint density at radius 1 is 1.43 bits per heavy atom. The summed E-state index contributed by atoms with van der Waals surface area (Å²) in [6, 6.07) is 6.09. The second-order valence-electron chi connectivity index (χ2n) is 4.98. The van der Waals surface area contributed by atoms with E-state index in [2.05, 4.69) is 10.3 Å². The number of hydrogen-bond donors (Lipinski definition) is 1. The summed E-state index contributed by atoms with van der Waals surface area (Å²) in [6.45, 7) is 2.09. The molecule has 3 rings (SSSR count). The fourth-order valence-electron chi connectivity index (χ4n) is 2.17. The van der Waals surface area contributed by atoms with Gasteiger partial charge < -0.3 is 10.1 Å². The van der Waals surface area contributed by atoms with Gasteiger partial charge in [0.15, 0.2) is 0 Å². The van der Waals surface area contributed by atoms with Gasteiger partial charge in [0.2, 0.25) is 0 Å². The predicted octanol–water partition coefficient (Wildman–Crippen LogP) is 2.72. The van der Waals surface area contributed by atoms with Crippen molar-refractivity contribution in [1.82, 2.24) is 10.3 Å². The zero-order valence-corrected chi connectivity index (χ0v) is 12.2. The minimum Gasteiger partial charge on any atom is -0.381 e. The predicted molar refractivity (Wildman–Crippen MR) is 78.8 cm³/mol. The minimum absolute atomic E-state index is 0.175. The first-order valence-electron chi connectivity index (χ1n) is 6.80. The molecule has 1 aromatic heterocycles. The Morgan fingerprint density at radius 2 is 2.24 bits per heavy atom. The average molecular weight is 306 g/mol. The van der Waals surface area contributed by atoms with E-state index in [4.69, 9.17) is 4.74 Å². The standard InChI is InChI=1S/C15H15FN2O2S/c16-12-3-1-11(2-4-12)15-18-13(9-21-15)14(19)17-7-10-5-6-20-8-10/h1-4,9-10H,5-8H2,(H,17,19)/t10-/m1/s1. The summed E-state index contributed by atoms with van der Waals surface area (Å²) in [4.78, 5) is 16.3. The van der Waals surface area contributed by atoms with E-state index < -0.39 is 0 Å². The smallest absolute Gasteiger partial charge is 0.270 e. The van der Waals surface area contributed by atoms with Crippen LogP contribution in [-0.4, -0.2) is 30.6 Å². The number of ether oxygens (including phenoxy) is 1. The first kappa shape index (κ1) is 14.2. The monoisotopic (exact) mass is 306 g/mol. The van der Waals surface area contributed by atoms with Crippen LogP contribution in [0.2, 0.25) is 0 Å². The zero-order valence-electron chi connectivity index (χ0n) is 11.3. The molecule has 21 heavy (non-hydrogen) atoms. The number of hydrogen-bond acceptors (Lipinski definition) is 4. The van der Waals surface area contributed by atoms with Gasteiger partial charge in [-0.2, -0.15) is 0 Å². The number of halogens is 1. The molecule has 1 N–H and O–H groups in total. The number of carbonyl (C=O) groups is 1. The van der Waals surface area contributed by atoms with E-state index in [1.807, 2.05) is 0 Å². The number of benzene rings is 1.